The highest BCUT2D eigenvalue weighted by molar-refractivity contribution is 5.84. The van der Waals surface area contributed by atoms with Gasteiger partial charge >= 0.3 is 5.97 Å². The van der Waals surface area contributed by atoms with Crippen LogP contribution in [-0.2, 0) is 6.54 Å². The lowest BCUT2D eigenvalue weighted by molar-refractivity contribution is 0.0690. The Kier molecular flexibility index (Phi) is 3.19. The van der Waals surface area contributed by atoms with Crippen LogP contribution in [0.15, 0.2) is 35.0 Å². The summed E-state index contributed by atoms with van der Waals surface area (Å²) in [5.41, 5.74) is 1.84. The second-order valence-electron chi connectivity index (χ2n) is 4.49. The van der Waals surface area contributed by atoms with Gasteiger partial charge in [-0.3, -0.25) is 0 Å². The van der Waals surface area contributed by atoms with Crippen molar-refractivity contribution in [3.05, 3.63) is 47.5 Å². The van der Waals surface area contributed by atoms with Crippen LogP contribution >= 0.6 is 0 Å². The molecule has 21 heavy (non-hydrogen) atoms. The molecule has 0 amide bonds. The fraction of sp³-hybridized carbons (Fsp3) is 0.154. The van der Waals surface area contributed by atoms with Gasteiger partial charge in [0.15, 0.2) is 11.5 Å². The molecule has 1 N–H and O–H groups in total. The van der Waals surface area contributed by atoms with Gasteiger partial charge in [-0.05, 0) is 19.1 Å². The quantitative estimate of drug-likeness (QED) is 0.771. The normalized spacial score (nSPS) is 10.7. The smallest absolute Gasteiger partial charge is 0.358 e. The molecule has 3 rings (SSSR count). The first-order valence-corrected chi connectivity index (χ1v) is 6.15. The van der Waals surface area contributed by atoms with E-state index in [9.17, 15) is 4.79 Å². The zero-order valence-electron chi connectivity index (χ0n) is 11.1. The standard InChI is InChI=1S/C13H11N5O3/c1-8-2-4-9(5-3-8)12-14-11(16-21-12)7-18-6-10(13(19)20)15-17-18/h2-6H,7H2,1H3,(H,19,20). The maximum atomic E-state index is 10.7. The van der Waals surface area contributed by atoms with Crippen molar-refractivity contribution in [1.82, 2.24) is 25.1 Å². The minimum atomic E-state index is -1.13. The van der Waals surface area contributed by atoms with Crippen LogP contribution in [0.5, 0.6) is 0 Å². The topological polar surface area (TPSA) is 107 Å². The molecule has 0 saturated heterocycles. The van der Waals surface area contributed by atoms with Crippen molar-refractivity contribution >= 4 is 5.97 Å². The van der Waals surface area contributed by atoms with Gasteiger partial charge in [-0.25, -0.2) is 9.48 Å². The summed E-state index contributed by atoms with van der Waals surface area (Å²) in [6, 6.07) is 7.70. The minimum absolute atomic E-state index is 0.128. The number of aromatic nitrogens is 5. The monoisotopic (exact) mass is 285 g/mol. The Morgan fingerprint density at radius 3 is 2.76 bits per heavy atom. The van der Waals surface area contributed by atoms with E-state index in [-0.39, 0.29) is 12.2 Å². The molecule has 0 aliphatic carbocycles. The number of rotatable bonds is 4. The van der Waals surface area contributed by atoms with E-state index < -0.39 is 5.97 Å². The Morgan fingerprint density at radius 2 is 2.10 bits per heavy atom. The SMILES string of the molecule is Cc1ccc(-c2nc(Cn3cc(C(=O)O)nn3)no2)cc1. The summed E-state index contributed by atoms with van der Waals surface area (Å²) in [5.74, 6) is -0.328. The summed E-state index contributed by atoms with van der Waals surface area (Å²) in [7, 11) is 0. The van der Waals surface area contributed by atoms with E-state index in [4.69, 9.17) is 9.63 Å². The highest BCUT2D eigenvalue weighted by Gasteiger charge is 2.12. The van der Waals surface area contributed by atoms with Crippen molar-refractivity contribution in [2.75, 3.05) is 0 Å². The average Bonchev–Trinajstić information content (AvgIpc) is 3.10. The van der Waals surface area contributed by atoms with Gasteiger partial charge in [0.25, 0.3) is 5.89 Å². The van der Waals surface area contributed by atoms with Gasteiger partial charge in [0.1, 0.15) is 6.54 Å². The molecule has 0 atom stereocenters. The van der Waals surface area contributed by atoms with Gasteiger partial charge in [0.2, 0.25) is 0 Å². The molecule has 0 radical (unpaired) electrons. The summed E-state index contributed by atoms with van der Waals surface area (Å²) >= 11 is 0. The zero-order chi connectivity index (χ0) is 14.8. The molecule has 0 aliphatic heterocycles. The molecule has 8 nitrogen and oxygen atoms in total. The fourth-order valence-electron chi connectivity index (χ4n) is 1.75. The summed E-state index contributed by atoms with van der Waals surface area (Å²) in [5, 5.41) is 19.8. The maximum Gasteiger partial charge on any atom is 0.358 e. The third-order valence-electron chi connectivity index (χ3n) is 2.83. The van der Waals surface area contributed by atoms with Crippen molar-refractivity contribution in [2.24, 2.45) is 0 Å². The molecular weight excluding hydrogens is 274 g/mol. The molecule has 3 aromatic rings. The summed E-state index contributed by atoms with van der Waals surface area (Å²) in [6.45, 7) is 2.18. The van der Waals surface area contributed by atoms with Crippen LogP contribution in [-0.4, -0.2) is 36.2 Å². The van der Waals surface area contributed by atoms with Crippen molar-refractivity contribution in [3.63, 3.8) is 0 Å². The predicted octanol–water partition coefficient (Wildman–Crippen LogP) is 1.38. The molecule has 0 saturated carbocycles. The molecule has 8 heteroatoms. The number of aromatic carboxylic acids is 1. The first-order chi connectivity index (χ1) is 10.1. The molecule has 2 aromatic heterocycles. The minimum Gasteiger partial charge on any atom is -0.476 e. The number of carboxylic acid groups (broad SMARTS) is 1. The van der Waals surface area contributed by atoms with Crippen LogP contribution in [0.4, 0.5) is 0 Å². The van der Waals surface area contributed by atoms with Crippen molar-refractivity contribution in [2.45, 2.75) is 13.5 Å². The summed E-state index contributed by atoms with van der Waals surface area (Å²) < 4.78 is 6.52. The summed E-state index contributed by atoms with van der Waals surface area (Å²) in [6.07, 6.45) is 1.31. The third-order valence-corrected chi connectivity index (χ3v) is 2.83. The van der Waals surface area contributed by atoms with E-state index in [1.54, 1.807) is 0 Å². The van der Waals surface area contributed by atoms with Crippen LogP contribution in [0.3, 0.4) is 0 Å². The lowest BCUT2D eigenvalue weighted by Gasteiger charge is -1.94. The molecule has 2 heterocycles. The van der Waals surface area contributed by atoms with E-state index in [1.165, 1.54) is 10.9 Å². The number of hydrogen-bond acceptors (Lipinski definition) is 6. The van der Waals surface area contributed by atoms with Gasteiger partial charge in [0.05, 0.1) is 6.20 Å². The van der Waals surface area contributed by atoms with Gasteiger partial charge in [-0.1, -0.05) is 28.1 Å². The van der Waals surface area contributed by atoms with E-state index >= 15 is 0 Å². The lowest BCUT2D eigenvalue weighted by Crippen LogP contribution is -2.02. The highest BCUT2D eigenvalue weighted by atomic mass is 16.5. The number of benzene rings is 1. The van der Waals surface area contributed by atoms with Crippen LogP contribution in [0.25, 0.3) is 11.5 Å². The average molecular weight is 285 g/mol. The fourth-order valence-corrected chi connectivity index (χ4v) is 1.75. The van der Waals surface area contributed by atoms with Gasteiger partial charge < -0.3 is 9.63 Å². The Balaban J connectivity index is 1.78. The van der Waals surface area contributed by atoms with Crippen LogP contribution < -0.4 is 0 Å². The van der Waals surface area contributed by atoms with E-state index in [1.807, 2.05) is 31.2 Å². The number of aryl methyl sites for hydroxylation is 1. The number of nitrogens with zero attached hydrogens (tertiary/aromatic N) is 5. The molecule has 0 fully saturated rings. The lowest BCUT2D eigenvalue weighted by atomic mass is 10.1. The van der Waals surface area contributed by atoms with Crippen LogP contribution in [0.1, 0.15) is 21.9 Å². The second kappa shape index (κ2) is 5.16. The molecule has 1 aromatic carbocycles. The zero-order valence-corrected chi connectivity index (χ0v) is 11.1. The number of hydrogen-bond donors (Lipinski definition) is 1. The van der Waals surface area contributed by atoms with Crippen molar-refractivity contribution < 1.29 is 14.4 Å². The second-order valence-corrected chi connectivity index (χ2v) is 4.49. The van der Waals surface area contributed by atoms with Crippen molar-refractivity contribution in [3.8, 4) is 11.5 Å². The molecule has 0 unspecified atom stereocenters. The Bertz CT molecular complexity index is 775. The Labute approximate surface area is 119 Å². The van der Waals surface area contributed by atoms with E-state index in [0.717, 1.165) is 11.1 Å². The van der Waals surface area contributed by atoms with E-state index in [0.29, 0.717) is 11.7 Å². The largest absolute Gasteiger partial charge is 0.476 e. The molecular formula is C13H11N5O3. The van der Waals surface area contributed by atoms with Crippen LogP contribution in [0.2, 0.25) is 0 Å². The third kappa shape index (κ3) is 2.78. The summed E-state index contributed by atoms with van der Waals surface area (Å²) in [4.78, 5) is 15.0. The number of carboxylic acids is 1. The molecule has 0 bridgehead atoms. The molecule has 0 aliphatic rings. The van der Waals surface area contributed by atoms with Gasteiger partial charge in [-0.15, -0.1) is 5.10 Å². The number of carbonyl (C=O) groups is 1. The first-order valence-electron chi connectivity index (χ1n) is 6.15. The first kappa shape index (κ1) is 13.0. The Hall–Kier alpha value is -3.03. The van der Waals surface area contributed by atoms with Crippen molar-refractivity contribution in [1.29, 1.82) is 0 Å². The van der Waals surface area contributed by atoms with Gasteiger partial charge in [-0.2, -0.15) is 4.98 Å². The Morgan fingerprint density at radius 1 is 1.33 bits per heavy atom. The van der Waals surface area contributed by atoms with Crippen LogP contribution in [0, 0.1) is 6.92 Å². The molecule has 0 spiro atoms. The highest BCUT2D eigenvalue weighted by Crippen LogP contribution is 2.17. The van der Waals surface area contributed by atoms with E-state index in [2.05, 4.69) is 20.5 Å². The van der Waals surface area contributed by atoms with Gasteiger partial charge in [0, 0.05) is 5.56 Å². The maximum absolute atomic E-state index is 10.7. The predicted molar refractivity (Wildman–Crippen MR) is 70.6 cm³/mol. The molecule has 106 valence electrons.